The van der Waals surface area contributed by atoms with Crippen LogP contribution >= 0.6 is 35.0 Å². The van der Waals surface area contributed by atoms with Gasteiger partial charge in [-0.05, 0) is 47.7 Å². The average Bonchev–Trinajstić information content (AvgIpc) is 2.92. The van der Waals surface area contributed by atoms with Crippen molar-refractivity contribution in [3.8, 4) is 6.07 Å². The van der Waals surface area contributed by atoms with Gasteiger partial charge in [-0.3, -0.25) is 4.79 Å². The fourth-order valence-corrected chi connectivity index (χ4v) is 3.15. The Kier molecular flexibility index (Phi) is 4.91. The van der Waals surface area contributed by atoms with Crippen LogP contribution in [-0.2, 0) is 4.79 Å². The van der Waals surface area contributed by atoms with Crippen molar-refractivity contribution in [3.63, 3.8) is 0 Å². The molecule has 1 fully saturated rings. The maximum absolute atomic E-state index is 12.1. The number of amidine groups is 1. The number of halogens is 2. The van der Waals surface area contributed by atoms with Crippen molar-refractivity contribution in [2.45, 2.75) is 0 Å². The maximum Gasteiger partial charge on any atom is 0.264 e. The second-order valence-electron chi connectivity index (χ2n) is 4.79. The van der Waals surface area contributed by atoms with Gasteiger partial charge in [0.2, 0.25) is 0 Å². The van der Waals surface area contributed by atoms with Gasteiger partial charge >= 0.3 is 0 Å². The number of carbonyl (C=O) groups excluding carboxylic acids is 1. The zero-order valence-electron chi connectivity index (χ0n) is 12.1. The Bertz CT molecular complexity index is 914. The van der Waals surface area contributed by atoms with Gasteiger partial charge in [-0.25, -0.2) is 4.99 Å². The van der Waals surface area contributed by atoms with Crippen molar-refractivity contribution in [1.82, 2.24) is 5.32 Å². The number of hydrogen-bond acceptors (Lipinski definition) is 4. The molecule has 0 unspecified atom stereocenters. The smallest absolute Gasteiger partial charge is 0.264 e. The number of carbonyl (C=O) groups is 1. The molecule has 0 saturated carbocycles. The molecule has 1 saturated heterocycles. The van der Waals surface area contributed by atoms with E-state index in [4.69, 9.17) is 28.5 Å². The standard InChI is InChI=1S/C17H9Cl2N3OS/c18-12-2-1-3-13(15(12)19)21-17-22-16(23)14(24-17)8-10-4-6-11(9-20)7-5-10/h1-8H,(H,21,22,23). The molecule has 2 aromatic rings. The lowest BCUT2D eigenvalue weighted by molar-refractivity contribution is -0.115. The minimum atomic E-state index is -0.235. The van der Waals surface area contributed by atoms with Crippen LogP contribution in [0.25, 0.3) is 6.08 Å². The zero-order valence-corrected chi connectivity index (χ0v) is 14.4. The van der Waals surface area contributed by atoms with E-state index in [9.17, 15) is 4.79 Å². The Labute approximate surface area is 152 Å². The summed E-state index contributed by atoms with van der Waals surface area (Å²) in [6, 6.07) is 14.1. The van der Waals surface area contributed by atoms with E-state index in [1.807, 2.05) is 0 Å². The molecule has 24 heavy (non-hydrogen) atoms. The summed E-state index contributed by atoms with van der Waals surface area (Å²) in [5.41, 5.74) is 1.89. The molecule has 118 valence electrons. The number of nitrogens with zero attached hydrogens (tertiary/aromatic N) is 2. The van der Waals surface area contributed by atoms with Crippen LogP contribution in [-0.4, -0.2) is 11.1 Å². The van der Waals surface area contributed by atoms with Crippen LogP contribution in [0, 0.1) is 11.3 Å². The minimum absolute atomic E-state index is 0.235. The summed E-state index contributed by atoms with van der Waals surface area (Å²) in [6.07, 6.45) is 1.74. The van der Waals surface area contributed by atoms with E-state index < -0.39 is 0 Å². The number of nitrogens with one attached hydrogen (secondary N) is 1. The molecule has 1 aliphatic heterocycles. The van der Waals surface area contributed by atoms with Crippen LogP contribution in [0.5, 0.6) is 0 Å². The molecule has 0 radical (unpaired) electrons. The van der Waals surface area contributed by atoms with Gasteiger partial charge in [0.05, 0.1) is 32.3 Å². The number of nitriles is 1. The number of benzene rings is 2. The first kappa shape index (κ1) is 16.6. The number of rotatable bonds is 2. The van der Waals surface area contributed by atoms with Crippen molar-refractivity contribution in [1.29, 1.82) is 5.26 Å². The molecular weight excluding hydrogens is 365 g/mol. The molecule has 0 spiro atoms. The number of aliphatic imine (C=N–C) groups is 1. The third-order valence-corrected chi connectivity index (χ3v) is 4.86. The largest absolute Gasteiger partial charge is 0.300 e. The second kappa shape index (κ2) is 7.10. The summed E-state index contributed by atoms with van der Waals surface area (Å²) in [5, 5.41) is 12.7. The summed E-state index contributed by atoms with van der Waals surface area (Å²) >= 11 is 13.3. The quantitative estimate of drug-likeness (QED) is 0.771. The van der Waals surface area contributed by atoms with Gasteiger partial charge < -0.3 is 5.32 Å². The second-order valence-corrected chi connectivity index (χ2v) is 6.60. The lowest BCUT2D eigenvalue weighted by Gasteiger charge is -2.00. The molecule has 1 N–H and O–H groups in total. The van der Waals surface area contributed by atoms with E-state index in [1.54, 1.807) is 48.5 Å². The molecule has 1 heterocycles. The molecule has 1 aliphatic rings. The summed E-state index contributed by atoms with van der Waals surface area (Å²) < 4.78 is 0. The summed E-state index contributed by atoms with van der Waals surface area (Å²) in [7, 11) is 0. The highest BCUT2D eigenvalue weighted by atomic mass is 35.5. The Morgan fingerprint density at radius 3 is 2.62 bits per heavy atom. The van der Waals surface area contributed by atoms with Crippen LogP contribution in [0.15, 0.2) is 52.4 Å². The van der Waals surface area contributed by atoms with E-state index in [0.717, 1.165) is 5.56 Å². The summed E-state index contributed by atoms with van der Waals surface area (Å²) in [5.74, 6) is -0.235. The predicted molar refractivity (Wildman–Crippen MR) is 98.4 cm³/mol. The van der Waals surface area contributed by atoms with Crippen molar-refractivity contribution >= 4 is 57.8 Å². The van der Waals surface area contributed by atoms with E-state index in [2.05, 4.69) is 16.4 Å². The molecule has 7 heteroatoms. The fourth-order valence-electron chi connectivity index (χ4n) is 1.97. The molecule has 1 amide bonds. The summed E-state index contributed by atoms with van der Waals surface area (Å²) in [6.45, 7) is 0. The predicted octanol–water partition coefficient (Wildman–Crippen LogP) is 4.76. The number of thioether (sulfide) groups is 1. The normalized spacial score (nSPS) is 17.1. The molecule has 4 nitrogen and oxygen atoms in total. The van der Waals surface area contributed by atoms with Crippen LogP contribution in [0.4, 0.5) is 5.69 Å². The molecule has 0 bridgehead atoms. The highest BCUT2D eigenvalue weighted by Crippen LogP contribution is 2.34. The Morgan fingerprint density at radius 1 is 1.17 bits per heavy atom. The lowest BCUT2D eigenvalue weighted by atomic mass is 10.1. The Hall–Kier alpha value is -2.26. The number of amides is 1. The summed E-state index contributed by atoms with van der Waals surface area (Å²) in [4.78, 5) is 16.9. The average molecular weight is 374 g/mol. The monoisotopic (exact) mass is 373 g/mol. The number of hydrogen-bond donors (Lipinski definition) is 1. The van der Waals surface area contributed by atoms with Crippen molar-refractivity contribution in [2.24, 2.45) is 4.99 Å². The third-order valence-electron chi connectivity index (χ3n) is 3.14. The molecule has 0 aliphatic carbocycles. The highest BCUT2D eigenvalue weighted by Gasteiger charge is 2.24. The van der Waals surface area contributed by atoms with Crippen molar-refractivity contribution in [3.05, 3.63) is 68.5 Å². The third kappa shape index (κ3) is 3.62. The van der Waals surface area contributed by atoms with E-state index >= 15 is 0 Å². The first-order chi connectivity index (χ1) is 11.6. The Morgan fingerprint density at radius 2 is 1.92 bits per heavy atom. The Balaban J connectivity index is 1.85. The van der Waals surface area contributed by atoms with Gasteiger partial charge in [-0.15, -0.1) is 0 Å². The topological polar surface area (TPSA) is 65.2 Å². The van der Waals surface area contributed by atoms with Gasteiger partial charge in [0.15, 0.2) is 5.17 Å². The van der Waals surface area contributed by atoms with Crippen molar-refractivity contribution < 1.29 is 4.79 Å². The van der Waals surface area contributed by atoms with E-state index in [-0.39, 0.29) is 5.91 Å². The minimum Gasteiger partial charge on any atom is -0.300 e. The van der Waals surface area contributed by atoms with Crippen LogP contribution < -0.4 is 5.32 Å². The SMILES string of the molecule is N#Cc1ccc(C=C2SC(=Nc3cccc(Cl)c3Cl)NC2=O)cc1. The zero-order chi connectivity index (χ0) is 17.1. The lowest BCUT2D eigenvalue weighted by Crippen LogP contribution is -2.19. The first-order valence-corrected chi connectivity index (χ1v) is 8.38. The first-order valence-electron chi connectivity index (χ1n) is 6.80. The van der Waals surface area contributed by atoms with Crippen LogP contribution in [0.1, 0.15) is 11.1 Å². The van der Waals surface area contributed by atoms with Crippen LogP contribution in [0.3, 0.4) is 0 Å². The van der Waals surface area contributed by atoms with E-state index in [1.165, 1.54) is 11.8 Å². The fraction of sp³-hybridized carbons (Fsp3) is 0. The molecule has 2 aromatic carbocycles. The van der Waals surface area contributed by atoms with Gasteiger partial charge in [-0.1, -0.05) is 41.4 Å². The van der Waals surface area contributed by atoms with Crippen LogP contribution in [0.2, 0.25) is 10.0 Å². The van der Waals surface area contributed by atoms with Gasteiger partial charge in [0.1, 0.15) is 0 Å². The highest BCUT2D eigenvalue weighted by molar-refractivity contribution is 8.18. The maximum atomic E-state index is 12.1. The van der Waals surface area contributed by atoms with E-state index in [0.29, 0.717) is 31.4 Å². The molecular formula is C17H9Cl2N3OS. The van der Waals surface area contributed by atoms with Gasteiger partial charge in [0.25, 0.3) is 5.91 Å². The van der Waals surface area contributed by atoms with Crippen molar-refractivity contribution in [2.75, 3.05) is 0 Å². The molecule has 0 aromatic heterocycles. The molecule has 3 rings (SSSR count). The van der Waals surface area contributed by atoms with Gasteiger partial charge in [-0.2, -0.15) is 5.26 Å². The molecule has 0 atom stereocenters. The van der Waals surface area contributed by atoms with Gasteiger partial charge in [0, 0.05) is 0 Å².